The van der Waals surface area contributed by atoms with Crippen molar-refractivity contribution in [3.05, 3.63) is 84.1 Å². The first-order valence-corrected chi connectivity index (χ1v) is 9.43. The van der Waals surface area contributed by atoms with Crippen molar-refractivity contribution in [2.45, 2.75) is 11.4 Å². The van der Waals surface area contributed by atoms with Gasteiger partial charge in [0.2, 0.25) is 15.9 Å². The molecule has 0 aliphatic carbocycles. The molecule has 1 heterocycles. The molecule has 7 nitrogen and oxygen atoms in total. The number of para-hydroxylation sites is 1. The highest BCUT2D eigenvalue weighted by Crippen LogP contribution is 2.20. The minimum absolute atomic E-state index is 0.0164. The minimum atomic E-state index is -3.80. The fraction of sp³-hybridized carbons (Fsp3) is 0.0526. The molecule has 0 radical (unpaired) electrons. The third-order valence-corrected chi connectivity index (χ3v) is 5.01. The number of pyridine rings is 1. The van der Waals surface area contributed by atoms with Gasteiger partial charge in [0.25, 0.3) is 0 Å². The number of carboxylic acids is 1. The largest absolute Gasteiger partial charge is 0.478 e. The molecule has 3 aromatic rings. The summed E-state index contributed by atoms with van der Waals surface area (Å²) in [6.07, 6.45) is 1.20. The van der Waals surface area contributed by atoms with Gasteiger partial charge in [-0.05, 0) is 35.9 Å². The summed E-state index contributed by atoms with van der Waals surface area (Å²) in [5.74, 6) is -0.204. The molecule has 8 heteroatoms. The molecular formula is C19H16N2O5S. The Morgan fingerprint density at radius 2 is 1.81 bits per heavy atom. The second-order valence-electron chi connectivity index (χ2n) is 5.58. The van der Waals surface area contributed by atoms with Crippen molar-refractivity contribution < 1.29 is 23.1 Å². The fourth-order valence-electron chi connectivity index (χ4n) is 2.27. The molecule has 0 atom stereocenters. The van der Waals surface area contributed by atoms with Crippen LogP contribution >= 0.6 is 0 Å². The molecule has 138 valence electrons. The van der Waals surface area contributed by atoms with Crippen molar-refractivity contribution >= 4 is 16.0 Å². The Hall–Kier alpha value is -3.23. The maximum atomic E-state index is 12.4. The Morgan fingerprint density at radius 3 is 2.48 bits per heavy atom. The number of hydrogen-bond acceptors (Lipinski definition) is 5. The van der Waals surface area contributed by atoms with E-state index in [0.29, 0.717) is 11.3 Å². The van der Waals surface area contributed by atoms with Crippen LogP contribution in [0.2, 0.25) is 0 Å². The summed E-state index contributed by atoms with van der Waals surface area (Å²) in [7, 11) is -3.80. The molecule has 2 aromatic carbocycles. The van der Waals surface area contributed by atoms with Crippen molar-refractivity contribution in [1.82, 2.24) is 9.71 Å². The summed E-state index contributed by atoms with van der Waals surface area (Å²) >= 11 is 0. The molecule has 27 heavy (non-hydrogen) atoms. The zero-order chi connectivity index (χ0) is 19.3. The van der Waals surface area contributed by atoms with Gasteiger partial charge in [0.1, 0.15) is 10.6 Å². The number of carbonyl (C=O) groups is 1. The van der Waals surface area contributed by atoms with E-state index in [1.807, 2.05) is 18.2 Å². The molecule has 0 aliphatic rings. The second-order valence-corrected chi connectivity index (χ2v) is 7.34. The Bertz CT molecular complexity index is 1040. The van der Waals surface area contributed by atoms with Gasteiger partial charge in [-0.25, -0.2) is 22.9 Å². The number of ether oxygens (including phenoxy) is 1. The van der Waals surface area contributed by atoms with Gasteiger partial charge < -0.3 is 9.84 Å². The van der Waals surface area contributed by atoms with Gasteiger partial charge in [0.05, 0.1) is 11.8 Å². The van der Waals surface area contributed by atoms with E-state index >= 15 is 0 Å². The normalized spacial score (nSPS) is 11.1. The first-order chi connectivity index (χ1) is 12.9. The van der Waals surface area contributed by atoms with Crippen LogP contribution < -0.4 is 9.46 Å². The lowest BCUT2D eigenvalue weighted by atomic mass is 10.1. The summed E-state index contributed by atoms with van der Waals surface area (Å²) in [5, 5.41) is 8.99. The molecule has 0 unspecified atom stereocenters. The Morgan fingerprint density at radius 1 is 1.04 bits per heavy atom. The summed E-state index contributed by atoms with van der Waals surface area (Å²) in [6.45, 7) is -0.0360. The number of nitrogens with one attached hydrogen (secondary N) is 1. The van der Waals surface area contributed by atoms with Gasteiger partial charge in [-0.2, -0.15) is 0 Å². The van der Waals surface area contributed by atoms with E-state index in [1.54, 1.807) is 24.3 Å². The van der Waals surface area contributed by atoms with Gasteiger partial charge >= 0.3 is 5.97 Å². The van der Waals surface area contributed by atoms with Crippen LogP contribution in [-0.4, -0.2) is 24.5 Å². The lowest BCUT2D eigenvalue weighted by molar-refractivity contribution is 0.0696. The molecule has 0 saturated carbocycles. The van der Waals surface area contributed by atoms with Gasteiger partial charge in [-0.15, -0.1) is 0 Å². The van der Waals surface area contributed by atoms with Crippen LogP contribution in [-0.2, 0) is 16.6 Å². The highest BCUT2D eigenvalue weighted by molar-refractivity contribution is 7.89. The predicted octanol–water partition coefficient (Wildman–Crippen LogP) is 3.05. The molecule has 0 aliphatic heterocycles. The number of rotatable bonds is 7. The lowest BCUT2D eigenvalue weighted by Crippen LogP contribution is -2.23. The van der Waals surface area contributed by atoms with Crippen LogP contribution in [0.1, 0.15) is 15.9 Å². The van der Waals surface area contributed by atoms with Gasteiger partial charge in [0.15, 0.2) is 0 Å². The predicted molar refractivity (Wildman–Crippen MR) is 98.2 cm³/mol. The first-order valence-electron chi connectivity index (χ1n) is 7.95. The summed E-state index contributed by atoms with van der Waals surface area (Å²) < 4.78 is 32.7. The van der Waals surface area contributed by atoms with Crippen molar-refractivity contribution in [3.8, 4) is 11.6 Å². The monoisotopic (exact) mass is 384 g/mol. The SMILES string of the molecule is O=C(O)c1cccc(CNS(=O)(=O)c2ccc(Oc3ccccc3)nc2)c1. The van der Waals surface area contributed by atoms with Crippen molar-refractivity contribution in [3.63, 3.8) is 0 Å². The first kappa shape index (κ1) is 18.6. The number of sulfonamides is 1. The van der Waals surface area contributed by atoms with Crippen LogP contribution in [0.5, 0.6) is 11.6 Å². The third-order valence-electron chi connectivity index (χ3n) is 3.63. The van der Waals surface area contributed by atoms with E-state index < -0.39 is 16.0 Å². The highest BCUT2D eigenvalue weighted by atomic mass is 32.2. The fourth-order valence-corrected chi connectivity index (χ4v) is 3.23. The van der Waals surface area contributed by atoms with Gasteiger partial charge in [-0.3, -0.25) is 0 Å². The van der Waals surface area contributed by atoms with Crippen LogP contribution in [0.25, 0.3) is 0 Å². The Kier molecular flexibility index (Phi) is 5.49. The van der Waals surface area contributed by atoms with E-state index in [-0.39, 0.29) is 22.9 Å². The van der Waals surface area contributed by atoms with E-state index in [9.17, 15) is 13.2 Å². The number of carboxylic acid groups (broad SMARTS) is 1. The zero-order valence-electron chi connectivity index (χ0n) is 14.1. The van der Waals surface area contributed by atoms with Crippen LogP contribution in [0.4, 0.5) is 0 Å². The average Bonchev–Trinajstić information content (AvgIpc) is 2.68. The van der Waals surface area contributed by atoms with Gasteiger partial charge in [0, 0.05) is 12.6 Å². The average molecular weight is 384 g/mol. The van der Waals surface area contributed by atoms with Crippen molar-refractivity contribution in [1.29, 1.82) is 0 Å². The van der Waals surface area contributed by atoms with Crippen LogP contribution in [0.15, 0.2) is 77.8 Å². The number of benzene rings is 2. The highest BCUT2D eigenvalue weighted by Gasteiger charge is 2.15. The smallest absolute Gasteiger partial charge is 0.335 e. The second kappa shape index (κ2) is 7.98. The summed E-state index contributed by atoms with van der Waals surface area (Å²) in [6, 6.07) is 17.9. The Balaban J connectivity index is 1.68. The number of hydrogen-bond donors (Lipinski definition) is 2. The topological polar surface area (TPSA) is 106 Å². The molecule has 2 N–H and O–H groups in total. The molecular weight excluding hydrogens is 368 g/mol. The Labute approximate surface area is 156 Å². The quantitative estimate of drug-likeness (QED) is 0.649. The number of aromatic carboxylic acids is 1. The minimum Gasteiger partial charge on any atom is -0.478 e. The molecule has 0 saturated heterocycles. The van der Waals surface area contributed by atoms with E-state index in [4.69, 9.17) is 9.84 Å². The van der Waals surface area contributed by atoms with Crippen LogP contribution in [0, 0.1) is 0 Å². The maximum absolute atomic E-state index is 12.4. The molecule has 0 amide bonds. The number of aromatic nitrogens is 1. The summed E-state index contributed by atoms with van der Waals surface area (Å²) in [4.78, 5) is 15.0. The molecule has 1 aromatic heterocycles. The standard InChI is InChI=1S/C19H16N2O5S/c22-19(23)15-6-4-5-14(11-15)12-21-27(24,25)17-9-10-18(20-13-17)26-16-7-2-1-3-8-16/h1-11,13,21H,12H2,(H,22,23). The maximum Gasteiger partial charge on any atom is 0.335 e. The third kappa shape index (κ3) is 4.90. The molecule has 0 spiro atoms. The molecule has 0 bridgehead atoms. The number of nitrogens with zero attached hydrogens (tertiary/aromatic N) is 1. The van der Waals surface area contributed by atoms with Crippen molar-refractivity contribution in [2.75, 3.05) is 0 Å². The van der Waals surface area contributed by atoms with Gasteiger partial charge in [-0.1, -0.05) is 30.3 Å². The summed E-state index contributed by atoms with van der Waals surface area (Å²) in [5.41, 5.74) is 0.631. The lowest BCUT2D eigenvalue weighted by Gasteiger charge is -2.08. The van der Waals surface area contributed by atoms with Crippen LogP contribution in [0.3, 0.4) is 0 Å². The molecule has 0 fully saturated rings. The van der Waals surface area contributed by atoms with E-state index in [1.165, 1.54) is 30.5 Å². The van der Waals surface area contributed by atoms with E-state index in [2.05, 4.69) is 9.71 Å². The van der Waals surface area contributed by atoms with Crippen molar-refractivity contribution in [2.24, 2.45) is 0 Å². The molecule has 3 rings (SSSR count). The zero-order valence-corrected chi connectivity index (χ0v) is 14.9. The van der Waals surface area contributed by atoms with E-state index in [0.717, 1.165) is 0 Å².